The molecule has 2 N–H and O–H groups in total. The van der Waals surface area contributed by atoms with Crippen molar-refractivity contribution in [2.75, 3.05) is 12.4 Å². The smallest absolute Gasteiger partial charge is 0.228 e. The fourth-order valence-electron chi connectivity index (χ4n) is 3.75. The lowest BCUT2D eigenvalue weighted by molar-refractivity contribution is 0.0833. The van der Waals surface area contributed by atoms with E-state index in [1.54, 1.807) is 7.11 Å². The molecule has 0 atom stereocenters. The standard InChI is InChI=1S/C20H22N4O2/c1-26-15-6-7-16(17(11-15)12-4-5-12)19-18-3-2-8-24(18)20(23-22-19)21-13-9-14(25)10-13/h2-3,6-8,11-14,25H,4-5,9-10H2,1H3,(H,21,23). The summed E-state index contributed by atoms with van der Waals surface area (Å²) in [7, 11) is 1.70. The lowest BCUT2D eigenvalue weighted by atomic mass is 9.90. The zero-order valence-electron chi connectivity index (χ0n) is 14.7. The molecule has 5 rings (SSSR count). The van der Waals surface area contributed by atoms with Gasteiger partial charge in [-0.3, -0.25) is 4.40 Å². The third-order valence-corrected chi connectivity index (χ3v) is 5.44. The van der Waals surface area contributed by atoms with Gasteiger partial charge in [0, 0.05) is 17.8 Å². The minimum Gasteiger partial charge on any atom is -0.497 e. The lowest BCUT2D eigenvalue weighted by Crippen LogP contribution is -2.39. The zero-order chi connectivity index (χ0) is 17.7. The fourth-order valence-corrected chi connectivity index (χ4v) is 3.75. The molecule has 2 heterocycles. The number of hydrogen-bond donors (Lipinski definition) is 2. The molecule has 2 saturated carbocycles. The van der Waals surface area contributed by atoms with Crippen molar-refractivity contribution in [2.24, 2.45) is 0 Å². The van der Waals surface area contributed by atoms with Gasteiger partial charge in [0.1, 0.15) is 11.4 Å². The quantitative estimate of drug-likeness (QED) is 0.739. The molecule has 6 nitrogen and oxygen atoms in total. The van der Waals surface area contributed by atoms with Crippen LogP contribution in [0, 0.1) is 0 Å². The van der Waals surface area contributed by atoms with Crippen LogP contribution in [0.1, 0.15) is 37.2 Å². The second-order valence-electron chi connectivity index (χ2n) is 7.33. The maximum atomic E-state index is 9.50. The highest BCUT2D eigenvalue weighted by atomic mass is 16.5. The Morgan fingerprint density at radius 3 is 2.77 bits per heavy atom. The first-order valence-electron chi connectivity index (χ1n) is 9.19. The van der Waals surface area contributed by atoms with Gasteiger partial charge in [-0.2, -0.15) is 0 Å². The number of nitrogens with one attached hydrogen (secondary N) is 1. The van der Waals surface area contributed by atoms with Crippen molar-refractivity contribution in [1.29, 1.82) is 0 Å². The Morgan fingerprint density at radius 1 is 1.19 bits per heavy atom. The number of benzene rings is 1. The minimum absolute atomic E-state index is 0.194. The molecule has 0 spiro atoms. The van der Waals surface area contributed by atoms with Gasteiger partial charge in [0.25, 0.3) is 0 Å². The van der Waals surface area contributed by atoms with E-state index in [1.165, 1.54) is 18.4 Å². The number of anilines is 1. The molecule has 1 aromatic carbocycles. The average Bonchev–Trinajstić information content (AvgIpc) is 3.36. The van der Waals surface area contributed by atoms with Crippen molar-refractivity contribution in [3.63, 3.8) is 0 Å². The number of ether oxygens (including phenoxy) is 1. The van der Waals surface area contributed by atoms with Gasteiger partial charge in [0.15, 0.2) is 0 Å². The number of rotatable bonds is 5. The molecule has 26 heavy (non-hydrogen) atoms. The minimum atomic E-state index is -0.194. The molecular weight excluding hydrogens is 328 g/mol. The second-order valence-corrected chi connectivity index (χ2v) is 7.33. The maximum absolute atomic E-state index is 9.50. The first-order valence-corrected chi connectivity index (χ1v) is 9.19. The highest BCUT2D eigenvalue weighted by Gasteiger charge is 2.30. The highest BCUT2D eigenvalue weighted by molar-refractivity contribution is 5.80. The van der Waals surface area contributed by atoms with E-state index in [0.29, 0.717) is 5.92 Å². The Bertz CT molecular complexity index is 958. The van der Waals surface area contributed by atoms with E-state index in [9.17, 15) is 5.11 Å². The summed E-state index contributed by atoms with van der Waals surface area (Å²) < 4.78 is 7.46. The molecule has 0 saturated heterocycles. The monoisotopic (exact) mass is 350 g/mol. The molecule has 2 aromatic heterocycles. The van der Waals surface area contributed by atoms with Crippen molar-refractivity contribution in [3.05, 3.63) is 42.1 Å². The van der Waals surface area contributed by atoms with Crippen LogP contribution in [0.3, 0.4) is 0 Å². The summed E-state index contributed by atoms with van der Waals surface area (Å²) >= 11 is 0. The van der Waals surface area contributed by atoms with E-state index in [1.807, 2.05) is 22.7 Å². The van der Waals surface area contributed by atoms with E-state index < -0.39 is 0 Å². The van der Waals surface area contributed by atoms with Crippen molar-refractivity contribution < 1.29 is 9.84 Å². The Morgan fingerprint density at radius 2 is 2.04 bits per heavy atom. The van der Waals surface area contributed by atoms with E-state index in [4.69, 9.17) is 4.74 Å². The van der Waals surface area contributed by atoms with Crippen LogP contribution in [-0.2, 0) is 0 Å². The van der Waals surface area contributed by atoms with Crippen LogP contribution in [0.5, 0.6) is 5.75 Å². The summed E-state index contributed by atoms with van der Waals surface area (Å²) in [5.41, 5.74) is 4.37. The van der Waals surface area contributed by atoms with Gasteiger partial charge in [-0.25, -0.2) is 0 Å². The molecule has 2 fully saturated rings. The van der Waals surface area contributed by atoms with E-state index in [2.05, 4.69) is 33.7 Å². The van der Waals surface area contributed by atoms with Gasteiger partial charge in [-0.1, -0.05) is 0 Å². The molecule has 3 aromatic rings. The second kappa shape index (κ2) is 5.99. The van der Waals surface area contributed by atoms with Crippen LogP contribution < -0.4 is 10.1 Å². The Hall–Kier alpha value is -2.60. The largest absolute Gasteiger partial charge is 0.497 e. The fraction of sp³-hybridized carbons (Fsp3) is 0.400. The van der Waals surface area contributed by atoms with Gasteiger partial charge in [0.2, 0.25) is 5.95 Å². The van der Waals surface area contributed by atoms with Crippen molar-refractivity contribution in [1.82, 2.24) is 14.6 Å². The molecule has 134 valence electrons. The molecular formula is C20H22N4O2. The first-order chi connectivity index (χ1) is 12.7. The van der Waals surface area contributed by atoms with Crippen LogP contribution in [-0.4, -0.2) is 39.0 Å². The summed E-state index contributed by atoms with van der Waals surface area (Å²) in [4.78, 5) is 0. The van der Waals surface area contributed by atoms with Crippen LogP contribution >= 0.6 is 0 Å². The molecule has 0 radical (unpaired) electrons. The Balaban J connectivity index is 1.57. The lowest BCUT2D eigenvalue weighted by Gasteiger charge is -2.32. The topological polar surface area (TPSA) is 71.7 Å². The molecule has 0 amide bonds. The molecule has 0 unspecified atom stereocenters. The number of nitrogens with zero attached hydrogens (tertiary/aromatic N) is 3. The third-order valence-electron chi connectivity index (χ3n) is 5.44. The van der Waals surface area contributed by atoms with Crippen molar-refractivity contribution in [3.8, 4) is 17.0 Å². The third kappa shape index (κ3) is 2.61. The summed E-state index contributed by atoms with van der Waals surface area (Å²) in [5.74, 6) is 2.20. The van der Waals surface area contributed by atoms with E-state index in [-0.39, 0.29) is 12.1 Å². The number of fused-ring (bicyclic) bond motifs is 1. The van der Waals surface area contributed by atoms with Crippen LogP contribution in [0.2, 0.25) is 0 Å². The molecule has 0 aliphatic heterocycles. The van der Waals surface area contributed by atoms with Crippen LogP contribution in [0.4, 0.5) is 5.95 Å². The summed E-state index contributed by atoms with van der Waals surface area (Å²) in [6, 6.07) is 10.6. The summed E-state index contributed by atoms with van der Waals surface area (Å²) in [6.45, 7) is 0. The summed E-state index contributed by atoms with van der Waals surface area (Å²) in [6.07, 6.45) is 5.77. The number of aliphatic hydroxyl groups is 1. The van der Waals surface area contributed by atoms with E-state index >= 15 is 0 Å². The molecule has 6 heteroatoms. The van der Waals surface area contributed by atoms with Gasteiger partial charge in [-0.05, 0) is 67.5 Å². The Kier molecular flexibility index (Phi) is 3.60. The van der Waals surface area contributed by atoms with Gasteiger partial charge >= 0.3 is 0 Å². The number of methoxy groups -OCH3 is 1. The Labute approximate surface area is 151 Å². The predicted octanol–water partition coefficient (Wildman–Crippen LogP) is 3.22. The first kappa shape index (κ1) is 15.6. The maximum Gasteiger partial charge on any atom is 0.228 e. The SMILES string of the molecule is COc1ccc(-c2nnc(NC3CC(O)C3)n3cccc23)c(C2CC2)c1. The number of aromatic nitrogens is 3. The number of aliphatic hydroxyl groups excluding tert-OH is 1. The zero-order valence-corrected chi connectivity index (χ0v) is 14.7. The van der Waals surface area contributed by atoms with Gasteiger partial charge in [0.05, 0.1) is 18.7 Å². The molecule has 2 aliphatic rings. The van der Waals surface area contributed by atoms with Crippen LogP contribution in [0.15, 0.2) is 36.5 Å². The highest BCUT2D eigenvalue weighted by Crippen LogP contribution is 2.46. The predicted molar refractivity (Wildman–Crippen MR) is 99.6 cm³/mol. The number of hydrogen-bond acceptors (Lipinski definition) is 5. The average molecular weight is 350 g/mol. The van der Waals surface area contributed by atoms with Crippen LogP contribution in [0.25, 0.3) is 16.8 Å². The van der Waals surface area contributed by atoms with Crippen molar-refractivity contribution in [2.45, 2.75) is 43.7 Å². The van der Waals surface area contributed by atoms with Crippen molar-refractivity contribution >= 4 is 11.5 Å². The normalized spacial score (nSPS) is 22.2. The van der Waals surface area contributed by atoms with Gasteiger partial charge < -0.3 is 15.2 Å². The van der Waals surface area contributed by atoms with E-state index in [0.717, 1.165) is 41.3 Å². The molecule has 0 bridgehead atoms. The van der Waals surface area contributed by atoms with Gasteiger partial charge in [-0.15, -0.1) is 10.2 Å². The molecule has 2 aliphatic carbocycles. The summed E-state index contributed by atoms with van der Waals surface area (Å²) in [5, 5.41) is 21.9.